The van der Waals surface area contributed by atoms with Gasteiger partial charge in [0.1, 0.15) is 34.3 Å². The Morgan fingerprint density at radius 1 is 1.06 bits per heavy atom. The topological polar surface area (TPSA) is 150 Å². The Labute approximate surface area is 176 Å². The molecule has 0 saturated carbocycles. The second-order valence-corrected chi connectivity index (χ2v) is 7.52. The van der Waals surface area contributed by atoms with E-state index in [0.717, 1.165) is 6.07 Å². The summed E-state index contributed by atoms with van der Waals surface area (Å²) >= 11 is 0. The Hall–Kier alpha value is -3.27. The van der Waals surface area contributed by atoms with Gasteiger partial charge in [0.2, 0.25) is 0 Å². The summed E-state index contributed by atoms with van der Waals surface area (Å²) in [6.07, 6.45) is -3.98. The smallest absolute Gasteiger partial charge is 0.197 e. The van der Waals surface area contributed by atoms with Crippen LogP contribution in [0.2, 0.25) is 0 Å². The molecule has 0 radical (unpaired) electrons. The van der Waals surface area contributed by atoms with E-state index < -0.39 is 35.6 Å². The summed E-state index contributed by atoms with van der Waals surface area (Å²) in [5.41, 5.74) is -0.315. The molecule has 4 atom stereocenters. The molecule has 1 aromatic heterocycles. The van der Waals surface area contributed by atoms with E-state index in [1.54, 1.807) is 13.0 Å². The first-order valence-electron chi connectivity index (χ1n) is 9.63. The minimum atomic E-state index is -1.12. The zero-order valence-electron chi connectivity index (χ0n) is 16.8. The van der Waals surface area contributed by atoms with E-state index in [1.165, 1.54) is 25.3 Å². The van der Waals surface area contributed by atoms with Crippen LogP contribution in [0, 0.1) is 0 Å². The quantitative estimate of drug-likeness (QED) is 0.421. The van der Waals surface area contributed by atoms with Crippen molar-refractivity contribution < 1.29 is 39.4 Å². The second kappa shape index (κ2) is 7.77. The lowest BCUT2D eigenvalue weighted by Gasteiger charge is -2.36. The van der Waals surface area contributed by atoms with E-state index in [-0.39, 0.29) is 46.0 Å². The molecule has 9 nitrogen and oxygen atoms in total. The van der Waals surface area contributed by atoms with Gasteiger partial charge in [0.25, 0.3) is 0 Å². The molecule has 1 fully saturated rings. The van der Waals surface area contributed by atoms with Crippen molar-refractivity contribution in [3.8, 4) is 34.3 Å². The number of rotatable bonds is 3. The van der Waals surface area contributed by atoms with E-state index in [2.05, 4.69) is 0 Å². The van der Waals surface area contributed by atoms with Gasteiger partial charge < -0.3 is 39.4 Å². The Morgan fingerprint density at radius 3 is 2.45 bits per heavy atom. The van der Waals surface area contributed by atoms with Crippen LogP contribution in [0.1, 0.15) is 25.0 Å². The lowest BCUT2D eigenvalue weighted by atomic mass is 9.92. The standard InChI is InChI=1S/C22H22O9/c1-9-21(27)14(26)8-17(30-9)19-13(25)7-18-20(22(19)28)12(24)6-16(31-18)10-3-4-15(29-2)11(23)5-10/h3-7,9,14,17,21,23,25-28H,8H2,1-2H3/t9-,14+,17+,21+/m0/s1. The molecule has 5 N–H and O–H groups in total. The van der Waals surface area contributed by atoms with Crippen LogP contribution in [0.4, 0.5) is 0 Å². The summed E-state index contributed by atoms with van der Waals surface area (Å²) in [5, 5.41) is 51.1. The van der Waals surface area contributed by atoms with Crippen LogP contribution in [0.5, 0.6) is 23.0 Å². The average molecular weight is 430 g/mol. The predicted octanol–water partition coefficient (Wildman–Crippen LogP) is 2.16. The SMILES string of the molecule is COc1ccc(-c2cc(=O)c3c(O)c([C@H]4C[C@@H](O)[C@H](O)[C@H](C)O4)c(O)cc3o2)cc1O. The van der Waals surface area contributed by atoms with Crippen molar-refractivity contribution >= 4 is 11.0 Å². The highest BCUT2D eigenvalue weighted by molar-refractivity contribution is 5.88. The average Bonchev–Trinajstić information content (AvgIpc) is 2.71. The first kappa shape index (κ1) is 21.0. The first-order chi connectivity index (χ1) is 14.7. The molecule has 3 aromatic rings. The van der Waals surface area contributed by atoms with Gasteiger partial charge in [-0.25, -0.2) is 0 Å². The zero-order valence-corrected chi connectivity index (χ0v) is 16.8. The van der Waals surface area contributed by atoms with Gasteiger partial charge in [-0.15, -0.1) is 0 Å². The normalized spacial score (nSPS) is 23.7. The third kappa shape index (κ3) is 3.56. The van der Waals surface area contributed by atoms with Crippen molar-refractivity contribution in [2.75, 3.05) is 7.11 Å². The number of aliphatic hydroxyl groups excluding tert-OH is 2. The Bertz CT molecular complexity index is 1190. The molecule has 0 unspecified atom stereocenters. The van der Waals surface area contributed by atoms with Gasteiger partial charge in [0, 0.05) is 24.1 Å². The van der Waals surface area contributed by atoms with Gasteiger partial charge in [-0.3, -0.25) is 4.79 Å². The molecule has 9 heteroatoms. The number of hydrogen-bond acceptors (Lipinski definition) is 9. The molecule has 0 amide bonds. The lowest BCUT2D eigenvalue weighted by molar-refractivity contribution is -0.164. The summed E-state index contributed by atoms with van der Waals surface area (Å²) in [6.45, 7) is 1.56. The molecular formula is C22H22O9. The summed E-state index contributed by atoms with van der Waals surface area (Å²) in [6, 6.07) is 6.80. The van der Waals surface area contributed by atoms with Crippen molar-refractivity contribution in [2.45, 2.75) is 37.8 Å². The number of fused-ring (bicyclic) bond motifs is 1. The van der Waals surface area contributed by atoms with Crippen LogP contribution >= 0.6 is 0 Å². The number of benzene rings is 2. The van der Waals surface area contributed by atoms with Crippen molar-refractivity contribution in [1.82, 2.24) is 0 Å². The second-order valence-electron chi connectivity index (χ2n) is 7.52. The third-order valence-corrected chi connectivity index (χ3v) is 5.51. The van der Waals surface area contributed by atoms with Gasteiger partial charge in [0.05, 0.1) is 31.0 Å². The monoisotopic (exact) mass is 430 g/mol. The molecule has 4 rings (SSSR count). The molecule has 0 aliphatic carbocycles. The number of phenols is 3. The van der Waals surface area contributed by atoms with Crippen molar-refractivity contribution in [3.63, 3.8) is 0 Å². The highest BCUT2D eigenvalue weighted by Gasteiger charge is 2.37. The van der Waals surface area contributed by atoms with Crippen LogP contribution < -0.4 is 10.2 Å². The number of aliphatic hydroxyl groups is 2. The fraction of sp³-hybridized carbons (Fsp3) is 0.318. The molecule has 2 heterocycles. The number of phenolic OH excluding ortho intramolecular Hbond substituents is 3. The van der Waals surface area contributed by atoms with Crippen molar-refractivity contribution in [2.24, 2.45) is 0 Å². The first-order valence-corrected chi connectivity index (χ1v) is 9.63. The molecule has 1 saturated heterocycles. The van der Waals surface area contributed by atoms with E-state index >= 15 is 0 Å². The van der Waals surface area contributed by atoms with Gasteiger partial charge in [-0.2, -0.15) is 0 Å². The Morgan fingerprint density at radius 2 is 1.81 bits per heavy atom. The maximum atomic E-state index is 12.8. The maximum absolute atomic E-state index is 12.8. The zero-order chi connectivity index (χ0) is 22.4. The lowest BCUT2D eigenvalue weighted by Crippen LogP contribution is -2.43. The van der Waals surface area contributed by atoms with Crippen LogP contribution in [0.25, 0.3) is 22.3 Å². The van der Waals surface area contributed by atoms with Crippen molar-refractivity contribution in [3.05, 3.63) is 46.1 Å². The molecule has 164 valence electrons. The van der Waals surface area contributed by atoms with Crippen LogP contribution in [0.3, 0.4) is 0 Å². The number of aromatic hydroxyl groups is 3. The molecule has 1 aliphatic heterocycles. The van der Waals surface area contributed by atoms with Crippen LogP contribution in [-0.2, 0) is 4.74 Å². The summed E-state index contributed by atoms with van der Waals surface area (Å²) in [5.74, 6) is -0.686. The molecular weight excluding hydrogens is 408 g/mol. The maximum Gasteiger partial charge on any atom is 0.197 e. The fourth-order valence-electron chi connectivity index (χ4n) is 3.86. The molecule has 31 heavy (non-hydrogen) atoms. The number of hydrogen-bond donors (Lipinski definition) is 5. The van der Waals surface area contributed by atoms with Crippen LogP contribution in [-0.4, -0.2) is 51.0 Å². The minimum Gasteiger partial charge on any atom is -0.507 e. The summed E-state index contributed by atoms with van der Waals surface area (Å²) in [7, 11) is 1.41. The fourth-order valence-corrected chi connectivity index (χ4v) is 3.86. The van der Waals surface area contributed by atoms with E-state index in [1.807, 2.05) is 0 Å². The summed E-state index contributed by atoms with van der Waals surface area (Å²) < 4.78 is 16.3. The predicted molar refractivity (Wildman–Crippen MR) is 109 cm³/mol. The molecule has 2 aromatic carbocycles. The minimum absolute atomic E-state index is 0.0626. The highest BCUT2D eigenvalue weighted by Crippen LogP contribution is 2.44. The van der Waals surface area contributed by atoms with Gasteiger partial charge in [-0.1, -0.05) is 0 Å². The Kier molecular flexibility index (Phi) is 5.26. The van der Waals surface area contributed by atoms with Gasteiger partial charge in [-0.05, 0) is 25.1 Å². The van der Waals surface area contributed by atoms with Gasteiger partial charge in [0.15, 0.2) is 16.9 Å². The van der Waals surface area contributed by atoms with E-state index in [0.29, 0.717) is 5.56 Å². The molecule has 0 bridgehead atoms. The number of methoxy groups -OCH3 is 1. The Balaban J connectivity index is 1.82. The van der Waals surface area contributed by atoms with Crippen molar-refractivity contribution in [1.29, 1.82) is 0 Å². The number of ether oxygens (including phenoxy) is 2. The van der Waals surface area contributed by atoms with E-state index in [4.69, 9.17) is 13.9 Å². The van der Waals surface area contributed by atoms with E-state index in [9.17, 15) is 30.3 Å². The van der Waals surface area contributed by atoms with Crippen LogP contribution in [0.15, 0.2) is 39.5 Å². The molecule has 1 aliphatic rings. The summed E-state index contributed by atoms with van der Waals surface area (Å²) in [4.78, 5) is 12.8. The van der Waals surface area contributed by atoms with Gasteiger partial charge >= 0.3 is 0 Å². The highest BCUT2D eigenvalue weighted by atomic mass is 16.5. The molecule has 0 spiro atoms. The third-order valence-electron chi connectivity index (χ3n) is 5.51. The largest absolute Gasteiger partial charge is 0.507 e.